The van der Waals surface area contributed by atoms with Gasteiger partial charge in [0.05, 0.1) is 0 Å². The van der Waals surface area contributed by atoms with Crippen molar-refractivity contribution in [2.45, 2.75) is 0 Å². The zero-order valence-electron chi connectivity index (χ0n) is 27.4. The molecule has 0 amide bonds. The van der Waals surface area contributed by atoms with Crippen LogP contribution in [0.3, 0.4) is 0 Å². The molecule has 0 radical (unpaired) electrons. The fourth-order valence-electron chi connectivity index (χ4n) is 7.98. The Morgan fingerprint density at radius 3 is 1.44 bits per heavy atom. The Kier molecular flexibility index (Phi) is 6.63. The van der Waals surface area contributed by atoms with Crippen LogP contribution in [0.25, 0.3) is 66.8 Å². The fourth-order valence-corrected chi connectivity index (χ4v) is 7.98. The third-order valence-corrected chi connectivity index (χ3v) is 10.4. The van der Waals surface area contributed by atoms with Gasteiger partial charge in [0.15, 0.2) is 0 Å². The molecule has 3 heterocycles. The summed E-state index contributed by atoms with van der Waals surface area (Å²) in [5, 5.41) is 0. The molecule has 1 aromatic heterocycles. The predicted molar refractivity (Wildman–Crippen MR) is 210 cm³/mol. The molecule has 2 aliphatic rings. The van der Waals surface area contributed by atoms with Gasteiger partial charge in [-0.05, 0) is 96.9 Å². The molecule has 2 nitrogen and oxygen atoms in total. The van der Waals surface area contributed by atoms with Crippen LogP contribution in [0.1, 0.15) is 0 Å². The lowest BCUT2D eigenvalue weighted by Crippen LogP contribution is -2.59. The zero-order valence-corrected chi connectivity index (χ0v) is 27.4. The fraction of sp³-hybridized carbons (Fsp3) is 0. The standard InChI is InChI=1S/C47H31BN2/c1-3-10-32(11-4-1)36-22-25-46-42(28-36)40-15-7-8-16-44(40)48-45-30-38(34-17-19-35(20-18-34)39-14-9-27-49-31-39)21-24-41(45)43-29-37(23-26-47(43)50(46)48)33-12-5-2-6-13-33/h1-31H. The van der Waals surface area contributed by atoms with E-state index in [0.29, 0.717) is 0 Å². The van der Waals surface area contributed by atoms with Crippen LogP contribution in [0, 0.1) is 0 Å². The molecule has 0 fully saturated rings. The van der Waals surface area contributed by atoms with Crippen molar-refractivity contribution in [2.24, 2.45) is 0 Å². The first-order chi connectivity index (χ1) is 24.8. The monoisotopic (exact) mass is 634 g/mol. The molecule has 0 unspecified atom stereocenters. The van der Waals surface area contributed by atoms with E-state index in [1.807, 2.05) is 18.5 Å². The molecule has 7 aromatic carbocycles. The third kappa shape index (κ3) is 4.63. The van der Waals surface area contributed by atoms with Gasteiger partial charge >= 0.3 is 6.85 Å². The highest BCUT2D eigenvalue weighted by molar-refractivity contribution is 6.92. The molecule has 0 aliphatic carbocycles. The van der Waals surface area contributed by atoms with Crippen molar-refractivity contribution >= 4 is 29.1 Å². The van der Waals surface area contributed by atoms with Gasteiger partial charge in [0, 0.05) is 34.9 Å². The van der Waals surface area contributed by atoms with Crippen LogP contribution in [0.2, 0.25) is 0 Å². The first kappa shape index (κ1) is 28.6. The molecule has 2 aliphatic heterocycles. The Balaban J connectivity index is 1.18. The lowest BCUT2D eigenvalue weighted by molar-refractivity contribution is 1.33. The molecule has 3 heteroatoms. The lowest BCUT2D eigenvalue weighted by Gasteiger charge is -2.43. The van der Waals surface area contributed by atoms with Crippen molar-refractivity contribution in [1.82, 2.24) is 4.98 Å². The van der Waals surface area contributed by atoms with Crippen molar-refractivity contribution in [1.29, 1.82) is 0 Å². The van der Waals surface area contributed by atoms with Crippen molar-refractivity contribution < 1.29 is 0 Å². The molecule has 0 bridgehead atoms. The van der Waals surface area contributed by atoms with E-state index in [4.69, 9.17) is 0 Å². The van der Waals surface area contributed by atoms with Gasteiger partial charge in [0.1, 0.15) is 0 Å². The summed E-state index contributed by atoms with van der Waals surface area (Å²) in [4.78, 5) is 6.91. The van der Waals surface area contributed by atoms with Crippen molar-refractivity contribution in [3.05, 3.63) is 188 Å². The van der Waals surface area contributed by atoms with Crippen molar-refractivity contribution in [3.63, 3.8) is 0 Å². The zero-order chi connectivity index (χ0) is 33.0. The molecule has 10 rings (SSSR count). The summed E-state index contributed by atoms with van der Waals surface area (Å²) in [6, 6.07) is 64.5. The Hall–Kier alpha value is -6.45. The average molecular weight is 635 g/mol. The molecule has 0 spiro atoms. The summed E-state index contributed by atoms with van der Waals surface area (Å²) in [5.41, 5.74) is 19.8. The Labute approximate surface area is 293 Å². The summed E-state index contributed by atoms with van der Waals surface area (Å²) in [6.07, 6.45) is 3.74. The second-order valence-electron chi connectivity index (χ2n) is 13.2. The van der Waals surface area contributed by atoms with Crippen LogP contribution in [0.4, 0.5) is 11.4 Å². The van der Waals surface area contributed by atoms with E-state index in [2.05, 4.69) is 180 Å². The number of aromatic nitrogens is 1. The normalized spacial score (nSPS) is 12.3. The van der Waals surface area contributed by atoms with E-state index in [1.165, 1.54) is 83.5 Å². The van der Waals surface area contributed by atoms with Gasteiger partial charge in [-0.1, -0.05) is 146 Å². The van der Waals surface area contributed by atoms with E-state index in [1.54, 1.807) is 0 Å². The SMILES string of the molecule is c1ccc(-c2ccc3c(c2)-c2ccccc2B2c4cc(-c5ccc(-c6cccnc6)cc5)ccc4-c4cc(-c5ccccc5)ccc4N23)cc1. The maximum absolute atomic E-state index is 4.32. The maximum Gasteiger partial charge on any atom is 0.329 e. The van der Waals surface area contributed by atoms with Gasteiger partial charge in [0.25, 0.3) is 0 Å². The molecule has 0 N–H and O–H groups in total. The van der Waals surface area contributed by atoms with Crippen LogP contribution < -0.4 is 15.7 Å². The highest BCUT2D eigenvalue weighted by Gasteiger charge is 2.42. The summed E-state index contributed by atoms with van der Waals surface area (Å²) in [5.74, 6) is 0. The minimum Gasteiger partial charge on any atom is -0.376 e. The number of pyridine rings is 1. The van der Waals surface area contributed by atoms with E-state index in [0.717, 1.165) is 5.56 Å². The van der Waals surface area contributed by atoms with E-state index in [9.17, 15) is 0 Å². The number of nitrogens with zero attached hydrogens (tertiary/aromatic N) is 2. The minimum absolute atomic E-state index is 0.0287. The highest BCUT2D eigenvalue weighted by Crippen LogP contribution is 2.48. The molecule has 0 saturated heterocycles. The number of benzene rings is 7. The van der Waals surface area contributed by atoms with E-state index >= 15 is 0 Å². The lowest BCUT2D eigenvalue weighted by atomic mass is 9.43. The molecule has 0 atom stereocenters. The van der Waals surface area contributed by atoms with Crippen LogP contribution >= 0.6 is 0 Å². The number of fused-ring (bicyclic) bond motifs is 11. The van der Waals surface area contributed by atoms with Crippen molar-refractivity contribution in [3.8, 4) is 66.8 Å². The first-order valence-corrected chi connectivity index (χ1v) is 17.2. The van der Waals surface area contributed by atoms with Gasteiger partial charge in [-0.15, -0.1) is 0 Å². The van der Waals surface area contributed by atoms with Crippen molar-refractivity contribution in [2.75, 3.05) is 4.81 Å². The number of hydrogen-bond donors (Lipinski definition) is 0. The second kappa shape index (κ2) is 11.6. The molecular formula is C47H31BN2. The predicted octanol–water partition coefficient (Wildman–Crippen LogP) is 10.7. The van der Waals surface area contributed by atoms with Gasteiger partial charge in [-0.25, -0.2) is 0 Å². The van der Waals surface area contributed by atoms with Gasteiger partial charge in [0.2, 0.25) is 0 Å². The largest absolute Gasteiger partial charge is 0.376 e. The highest BCUT2D eigenvalue weighted by atomic mass is 15.1. The van der Waals surface area contributed by atoms with Crippen LogP contribution in [0.15, 0.2) is 188 Å². The summed E-state index contributed by atoms with van der Waals surface area (Å²) >= 11 is 0. The molecule has 0 saturated carbocycles. The topological polar surface area (TPSA) is 16.1 Å². The number of anilines is 2. The van der Waals surface area contributed by atoms with Crippen LogP contribution in [0.5, 0.6) is 0 Å². The number of rotatable bonds is 4. The third-order valence-electron chi connectivity index (χ3n) is 10.4. The van der Waals surface area contributed by atoms with E-state index < -0.39 is 0 Å². The van der Waals surface area contributed by atoms with E-state index in [-0.39, 0.29) is 6.85 Å². The summed E-state index contributed by atoms with van der Waals surface area (Å²) in [6.45, 7) is 0.0287. The van der Waals surface area contributed by atoms with Gasteiger partial charge in [-0.2, -0.15) is 0 Å². The Morgan fingerprint density at radius 1 is 0.340 bits per heavy atom. The first-order valence-electron chi connectivity index (χ1n) is 17.2. The smallest absolute Gasteiger partial charge is 0.329 e. The molecule has 232 valence electrons. The number of hydrogen-bond acceptors (Lipinski definition) is 2. The van der Waals surface area contributed by atoms with Gasteiger partial charge < -0.3 is 4.81 Å². The second-order valence-corrected chi connectivity index (χ2v) is 13.2. The molecular weight excluding hydrogens is 603 g/mol. The van der Waals surface area contributed by atoms with Crippen LogP contribution in [-0.4, -0.2) is 11.8 Å². The Morgan fingerprint density at radius 2 is 0.820 bits per heavy atom. The Bertz CT molecular complexity index is 2530. The quantitative estimate of drug-likeness (QED) is 0.179. The summed E-state index contributed by atoms with van der Waals surface area (Å²) < 4.78 is 0. The van der Waals surface area contributed by atoms with Crippen LogP contribution in [-0.2, 0) is 0 Å². The average Bonchev–Trinajstić information content (AvgIpc) is 3.21. The molecule has 50 heavy (non-hydrogen) atoms. The van der Waals surface area contributed by atoms with Gasteiger partial charge in [-0.3, -0.25) is 4.98 Å². The summed E-state index contributed by atoms with van der Waals surface area (Å²) in [7, 11) is 0. The minimum atomic E-state index is 0.0287. The maximum atomic E-state index is 4.32. The molecule has 8 aromatic rings.